The van der Waals surface area contributed by atoms with Gasteiger partial charge in [-0.3, -0.25) is 0 Å². The van der Waals surface area contributed by atoms with Crippen LogP contribution in [0.1, 0.15) is 22.5 Å². The van der Waals surface area contributed by atoms with Gasteiger partial charge in [-0.1, -0.05) is 24.3 Å². The van der Waals surface area contributed by atoms with E-state index in [1.807, 2.05) is 63.3 Å². The van der Waals surface area contributed by atoms with Crippen molar-refractivity contribution in [1.29, 1.82) is 0 Å². The van der Waals surface area contributed by atoms with Crippen LogP contribution >= 0.6 is 0 Å². The number of amides is 2. The molecular weight excluding hydrogens is 350 g/mol. The van der Waals surface area contributed by atoms with Crippen molar-refractivity contribution in [2.24, 2.45) is 0 Å². The van der Waals surface area contributed by atoms with Crippen LogP contribution in [0.15, 0.2) is 54.9 Å². The first-order valence-corrected chi connectivity index (χ1v) is 9.31. The zero-order chi connectivity index (χ0) is 20.1. The maximum atomic E-state index is 12.3. The van der Waals surface area contributed by atoms with Gasteiger partial charge in [0.05, 0.1) is 0 Å². The first-order chi connectivity index (χ1) is 13.4. The van der Waals surface area contributed by atoms with Crippen LogP contribution in [0.4, 0.5) is 16.2 Å². The molecule has 0 unspecified atom stereocenters. The number of nitrogens with zero attached hydrogens (tertiary/aromatic N) is 3. The van der Waals surface area contributed by atoms with Crippen molar-refractivity contribution in [2.75, 3.05) is 24.3 Å². The first kappa shape index (κ1) is 19.5. The number of anilines is 2. The molecule has 0 fully saturated rings. The van der Waals surface area contributed by atoms with E-state index in [0.29, 0.717) is 6.54 Å². The molecule has 0 atom stereocenters. The summed E-state index contributed by atoms with van der Waals surface area (Å²) >= 11 is 0. The maximum Gasteiger partial charge on any atom is 0.319 e. The number of benzene rings is 2. The van der Waals surface area contributed by atoms with E-state index < -0.39 is 0 Å². The Morgan fingerprint density at radius 1 is 1.11 bits per heavy atom. The molecule has 146 valence electrons. The molecule has 2 N–H and O–H groups in total. The van der Waals surface area contributed by atoms with Gasteiger partial charge in [0.1, 0.15) is 5.82 Å². The Morgan fingerprint density at radius 3 is 2.57 bits per heavy atom. The van der Waals surface area contributed by atoms with Gasteiger partial charge in [-0.15, -0.1) is 0 Å². The maximum absolute atomic E-state index is 12.3. The topological polar surface area (TPSA) is 62.2 Å². The smallest absolute Gasteiger partial charge is 0.319 e. The number of hydrogen-bond donors (Lipinski definition) is 2. The molecule has 3 aromatic rings. The first-order valence-electron chi connectivity index (χ1n) is 9.31. The lowest BCUT2D eigenvalue weighted by Gasteiger charge is -2.16. The van der Waals surface area contributed by atoms with E-state index in [2.05, 4.69) is 38.4 Å². The molecule has 0 bridgehead atoms. The van der Waals surface area contributed by atoms with Gasteiger partial charge in [-0.2, -0.15) is 0 Å². The van der Waals surface area contributed by atoms with Gasteiger partial charge in [0.25, 0.3) is 0 Å². The lowest BCUT2D eigenvalue weighted by molar-refractivity contribution is 0.251. The molecule has 28 heavy (non-hydrogen) atoms. The van der Waals surface area contributed by atoms with Gasteiger partial charge in [0, 0.05) is 51.0 Å². The Kier molecular flexibility index (Phi) is 5.99. The molecule has 0 aliphatic heterocycles. The number of nitrogens with one attached hydrogen (secondary N) is 2. The Bertz CT molecular complexity index is 961. The molecule has 0 aliphatic rings. The summed E-state index contributed by atoms with van der Waals surface area (Å²) in [7, 11) is 3.99. The van der Waals surface area contributed by atoms with Crippen LogP contribution < -0.4 is 15.5 Å². The Balaban J connectivity index is 1.57. The van der Waals surface area contributed by atoms with Gasteiger partial charge in [0.2, 0.25) is 0 Å². The Labute approximate surface area is 166 Å². The molecule has 2 amide bonds. The van der Waals surface area contributed by atoms with Gasteiger partial charge < -0.3 is 20.1 Å². The van der Waals surface area contributed by atoms with Crippen LogP contribution in [0, 0.1) is 13.8 Å². The number of imidazole rings is 1. The van der Waals surface area contributed by atoms with Crippen molar-refractivity contribution in [3.63, 3.8) is 0 Å². The normalized spacial score (nSPS) is 10.6. The van der Waals surface area contributed by atoms with E-state index in [9.17, 15) is 4.79 Å². The molecule has 0 spiro atoms. The van der Waals surface area contributed by atoms with Crippen molar-refractivity contribution >= 4 is 17.4 Å². The molecule has 0 aliphatic carbocycles. The third-order valence-electron chi connectivity index (χ3n) is 4.70. The average molecular weight is 377 g/mol. The summed E-state index contributed by atoms with van der Waals surface area (Å²) in [6.07, 6.45) is 3.77. The molecule has 6 nitrogen and oxygen atoms in total. The minimum Gasteiger partial charge on any atom is -0.378 e. The van der Waals surface area contributed by atoms with E-state index in [4.69, 9.17) is 0 Å². The second kappa shape index (κ2) is 8.61. The summed E-state index contributed by atoms with van der Waals surface area (Å²) in [5.74, 6) is 0.985. The highest BCUT2D eigenvalue weighted by Gasteiger charge is 2.07. The van der Waals surface area contributed by atoms with Gasteiger partial charge in [-0.25, -0.2) is 9.78 Å². The molecule has 1 aromatic heterocycles. The number of aryl methyl sites for hydroxylation is 2. The van der Waals surface area contributed by atoms with Crippen molar-refractivity contribution < 1.29 is 4.79 Å². The zero-order valence-electron chi connectivity index (χ0n) is 16.9. The summed E-state index contributed by atoms with van der Waals surface area (Å²) in [6.45, 7) is 5.22. The summed E-state index contributed by atoms with van der Waals surface area (Å²) in [6, 6.07) is 14.0. The lowest BCUT2D eigenvalue weighted by atomic mass is 10.1. The monoisotopic (exact) mass is 377 g/mol. The van der Waals surface area contributed by atoms with Crippen molar-refractivity contribution in [3.8, 4) is 0 Å². The fourth-order valence-electron chi connectivity index (χ4n) is 3.02. The van der Waals surface area contributed by atoms with Crippen LogP contribution in [-0.2, 0) is 13.1 Å². The molecule has 6 heteroatoms. The highest BCUT2D eigenvalue weighted by atomic mass is 16.2. The molecular formula is C22H27N5O. The number of rotatable bonds is 6. The predicted octanol–water partition coefficient (Wildman–Crippen LogP) is 3.94. The largest absolute Gasteiger partial charge is 0.378 e. The standard InChI is InChI=1S/C22H27N5O/c1-16-12-20(26(3)4)8-9-21(16)25-22(28)24-14-18-6-5-7-19(13-18)15-27-11-10-23-17(27)2/h5-13H,14-15H2,1-4H3,(H2,24,25,28). The molecule has 0 saturated heterocycles. The second-order valence-corrected chi connectivity index (χ2v) is 7.12. The summed E-state index contributed by atoms with van der Waals surface area (Å²) in [5, 5.41) is 5.85. The lowest BCUT2D eigenvalue weighted by Crippen LogP contribution is -2.28. The van der Waals surface area contributed by atoms with Crippen LogP contribution in [0.3, 0.4) is 0 Å². The number of carbonyl (C=O) groups excluding carboxylic acids is 1. The highest BCUT2D eigenvalue weighted by Crippen LogP contribution is 2.21. The van der Waals surface area contributed by atoms with Crippen LogP contribution in [0.2, 0.25) is 0 Å². The van der Waals surface area contributed by atoms with Gasteiger partial charge >= 0.3 is 6.03 Å². The van der Waals surface area contributed by atoms with Gasteiger partial charge in [-0.05, 0) is 48.7 Å². The number of hydrogen-bond acceptors (Lipinski definition) is 3. The zero-order valence-corrected chi connectivity index (χ0v) is 16.9. The summed E-state index contributed by atoms with van der Waals surface area (Å²) in [5.41, 5.74) is 5.18. The van der Waals surface area contributed by atoms with Crippen molar-refractivity contribution in [3.05, 3.63) is 77.4 Å². The molecule has 3 rings (SSSR count). The second-order valence-electron chi connectivity index (χ2n) is 7.12. The van der Waals surface area contributed by atoms with E-state index >= 15 is 0 Å². The Morgan fingerprint density at radius 2 is 1.89 bits per heavy atom. The minimum atomic E-state index is -0.212. The van der Waals surface area contributed by atoms with Crippen LogP contribution in [0.5, 0.6) is 0 Å². The molecule has 2 aromatic carbocycles. The fourth-order valence-corrected chi connectivity index (χ4v) is 3.02. The fraction of sp³-hybridized carbons (Fsp3) is 0.273. The van der Waals surface area contributed by atoms with Crippen molar-refractivity contribution in [2.45, 2.75) is 26.9 Å². The highest BCUT2D eigenvalue weighted by molar-refractivity contribution is 5.90. The van der Waals surface area contributed by atoms with E-state index in [-0.39, 0.29) is 6.03 Å². The third-order valence-corrected chi connectivity index (χ3v) is 4.70. The third kappa shape index (κ3) is 4.91. The van der Waals surface area contributed by atoms with E-state index in [1.165, 1.54) is 5.56 Å². The number of urea groups is 1. The van der Waals surface area contributed by atoms with Crippen LogP contribution in [0.25, 0.3) is 0 Å². The summed E-state index contributed by atoms with van der Waals surface area (Å²) < 4.78 is 2.10. The number of aromatic nitrogens is 2. The SMILES string of the molecule is Cc1cc(N(C)C)ccc1NC(=O)NCc1cccc(Cn2ccnc2C)c1. The number of carbonyl (C=O) groups is 1. The quantitative estimate of drug-likeness (QED) is 0.684. The molecule has 0 radical (unpaired) electrons. The predicted molar refractivity (Wildman–Crippen MR) is 114 cm³/mol. The Hall–Kier alpha value is -3.28. The van der Waals surface area contributed by atoms with Crippen molar-refractivity contribution in [1.82, 2.24) is 14.9 Å². The molecule has 0 saturated carbocycles. The van der Waals surface area contributed by atoms with E-state index in [0.717, 1.165) is 34.9 Å². The molecule has 1 heterocycles. The average Bonchev–Trinajstić information content (AvgIpc) is 3.06. The van der Waals surface area contributed by atoms with Crippen LogP contribution in [-0.4, -0.2) is 29.7 Å². The summed E-state index contributed by atoms with van der Waals surface area (Å²) in [4.78, 5) is 18.6. The van der Waals surface area contributed by atoms with Gasteiger partial charge in [0.15, 0.2) is 0 Å². The van der Waals surface area contributed by atoms with E-state index in [1.54, 1.807) is 6.20 Å². The minimum absolute atomic E-state index is 0.212.